The number of pyridine rings is 1. The summed E-state index contributed by atoms with van der Waals surface area (Å²) in [6.45, 7) is 3.08. The Bertz CT molecular complexity index is 1310. The third kappa shape index (κ3) is 4.92. The summed E-state index contributed by atoms with van der Waals surface area (Å²) in [6.07, 6.45) is 3.95. The number of imidazole rings is 1. The molecule has 0 radical (unpaired) electrons. The van der Waals surface area contributed by atoms with E-state index in [4.69, 9.17) is 9.72 Å². The monoisotopic (exact) mass is 452 g/mol. The molecule has 168 valence electrons. The number of aryl methyl sites for hydroxylation is 2. The number of fused-ring (bicyclic) bond motifs is 3. The summed E-state index contributed by atoms with van der Waals surface area (Å²) in [4.78, 5) is 9.26. The van der Waals surface area contributed by atoms with Crippen LogP contribution in [0.25, 0.3) is 21.9 Å². The van der Waals surface area contributed by atoms with Crippen LogP contribution in [-0.2, 0) is 29.5 Å². The number of hydrogen-bond acceptors (Lipinski definition) is 5. The molecule has 0 spiro atoms. The number of benzene rings is 2. The van der Waals surface area contributed by atoms with Crippen LogP contribution in [0.3, 0.4) is 0 Å². The van der Waals surface area contributed by atoms with Crippen LogP contribution in [0.2, 0.25) is 0 Å². The molecule has 0 fully saturated rings. The fourth-order valence-corrected chi connectivity index (χ4v) is 5.01. The number of unbranched alkanes of at least 4 members (excludes halogenated alkanes) is 1. The zero-order chi connectivity index (χ0) is 22.6. The number of methoxy groups -OCH3 is 1. The molecule has 0 amide bonds. The van der Waals surface area contributed by atoms with Gasteiger partial charge in [0.2, 0.25) is 10.0 Å². The van der Waals surface area contributed by atoms with E-state index in [-0.39, 0.29) is 12.3 Å². The van der Waals surface area contributed by atoms with Crippen molar-refractivity contribution in [1.82, 2.24) is 19.3 Å². The average molecular weight is 453 g/mol. The minimum Gasteiger partial charge on any atom is -0.497 e. The Balaban J connectivity index is 1.39. The number of para-hydroxylation sites is 1. The molecule has 32 heavy (non-hydrogen) atoms. The average Bonchev–Trinajstić information content (AvgIpc) is 3.19. The Morgan fingerprint density at radius 1 is 1.03 bits per heavy atom. The minimum atomic E-state index is -3.35. The SMILES string of the molecule is CCc1nc2cnc3ccccc3c2n1CCCCS(=O)(=O)NCc1ccc(OC)cc1. The molecule has 0 unspecified atom stereocenters. The van der Waals surface area contributed by atoms with Crippen LogP contribution in [0, 0.1) is 0 Å². The Morgan fingerprint density at radius 2 is 1.81 bits per heavy atom. The van der Waals surface area contributed by atoms with Crippen LogP contribution in [0.1, 0.15) is 31.2 Å². The van der Waals surface area contributed by atoms with E-state index < -0.39 is 10.0 Å². The molecule has 0 atom stereocenters. The Kier molecular flexibility index (Phi) is 6.72. The third-order valence-electron chi connectivity index (χ3n) is 5.57. The second-order valence-electron chi connectivity index (χ2n) is 7.74. The maximum atomic E-state index is 12.4. The quantitative estimate of drug-likeness (QED) is 0.367. The van der Waals surface area contributed by atoms with E-state index in [1.54, 1.807) is 7.11 Å². The maximum absolute atomic E-state index is 12.4. The summed E-state index contributed by atoms with van der Waals surface area (Å²) >= 11 is 0. The van der Waals surface area contributed by atoms with Gasteiger partial charge in [-0.05, 0) is 36.6 Å². The molecule has 7 nitrogen and oxygen atoms in total. The first-order valence-corrected chi connectivity index (χ1v) is 12.5. The predicted molar refractivity (Wildman–Crippen MR) is 127 cm³/mol. The van der Waals surface area contributed by atoms with E-state index in [9.17, 15) is 8.42 Å². The number of sulfonamides is 1. The van der Waals surface area contributed by atoms with Crippen molar-refractivity contribution < 1.29 is 13.2 Å². The standard InChI is InChI=1S/C24H28N4O3S/c1-3-23-27-22-17-25-21-9-5-4-8-20(21)24(22)28(23)14-6-7-15-32(29,30)26-16-18-10-12-19(31-2)13-11-18/h4-5,8-13,17,26H,3,6-7,14-16H2,1-2H3. The summed E-state index contributed by atoms with van der Waals surface area (Å²) in [5.74, 6) is 1.84. The number of nitrogens with one attached hydrogen (secondary N) is 1. The van der Waals surface area contributed by atoms with Crippen molar-refractivity contribution in [2.24, 2.45) is 0 Å². The summed E-state index contributed by atoms with van der Waals surface area (Å²) in [5.41, 5.74) is 3.80. The Labute approximate surface area is 188 Å². The highest BCUT2D eigenvalue weighted by molar-refractivity contribution is 7.89. The predicted octanol–water partition coefficient (Wildman–Crippen LogP) is 4.06. The molecule has 2 heterocycles. The minimum absolute atomic E-state index is 0.0968. The van der Waals surface area contributed by atoms with Crippen molar-refractivity contribution >= 4 is 32.0 Å². The maximum Gasteiger partial charge on any atom is 0.211 e. The molecule has 0 saturated heterocycles. The topological polar surface area (TPSA) is 86.1 Å². The number of ether oxygens (including phenoxy) is 1. The van der Waals surface area contributed by atoms with Crippen molar-refractivity contribution in [3.63, 3.8) is 0 Å². The number of aromatic nitrogens is 3. The van der Waals surface area contributed by atoms with E-state index >= 15 is 0 Å². The Hall–Kier alpha value is -2.97. The molecule has 4 rings (SSSR count). The molecule has 2 aromatic carbocycles. The van der Waals surface area contributed by atoms with Crippen molar-refractivity contribution in [3.8, 4) is 5.75 Å². The van der Waals surface area contributed by atoms with E-state index in [0.717, 1.165) is 58.5 Å². The van der Waals surface area contributed by atoms with Gasteiger partial charge in [-0.3, -0.25) is 4.98 Å². The highest BCUT2D eigenvalue weighted by Gasteiger charge is 2.14. The molecule has 0 aliphatic rings. The van der Waals surface area contributed by atoms with Crippen LogP contribution >= 0.6 is 0 Å². The number of hydrogen-bond donors (Lipinski definition) is 1. The Morgan fingerprint density at radius 3 is 2.56 bits per heavy atom. The highest BCUT2D eigenvalue weighted by atomic mass is 32.2. The van der Waals surface area contributed by atoms with Crippen molar-refractivity contribution in [2.75, 3.05) is 12.9 Å². The van der Waals surface area contributed by atoms with Crippen molar-refractivity contribution in [1.29, 1.82) is 0 Å². The summed E-state index contributed by atoms with van der Waals surface area (Å²) < 4.78 is 34.9. The van der Waals surface area contributed by atoms with E-state index in [1.165, 1.54) is 0 Å². The first kappa shape index (κ1) is 22.2. The molecule has 2 aromatic heterocycles. The van der Waals surface area contributed by atoms with E-state index in [2.05, 4.69) is 27.3 Å². The third-order valence-corrected chi connectivity index (χ3v) is 6.99. The lowest BCUT2D eigenvalue weighted by molar-refractivity contribution is 0.414. The van der Waals surface area contributed by atoms with Crippen LogP contribution < -0.4 is 9.46 Å². The van der Waals surface area contributed by atoms with Crippen LogP contribution in [0.4, 0.5) is 0 Å². The second kappa shape index (κ2) is 9.67. The number of nitrogens with zero attached hydrogens (tertiary/aromatic N) is 3. The normalized spacial score (nSPS) is 11.9. The largest absolute Gasteiger partial charge is 0.497 e. The zero-order valence-electron chi connectivity index (χ0n) is 18.4. The molecular weight excluding hydrogens is 424 g/mol. The summed E-state index contributed by atoms with van der Waals surface area (Å²) in [6, 6.07) is 15.4. The number of rotatable bonds is 10. The zero-order valence-corrected chi connectivity index (χ0v) is 19.2. The molecule has 0 saturated carbocycles. The smallest absolute Gasteiger partial charge is 0.211 e. The van der Waals surface area contributed by atoms with Gasteiger partial charge < -0.3 is 9.30 Å². The lowest BCUT2D eigenvalue weighted by Gasteiger charge is -2.11. The van der Waals surface area contributed by atoms with Crippen LogP contribution in [0.15, 0.2) is 54.7 Å². The van der Waals surface area contributed by atoms with Crippen molar-refractivity contribution in [2.45, 2.75) is 39.3 Å². The van der Waals surface area contributed by atoms with E-state index in [0.29, 0.717) is 6.42 Å². The molecule has 0 aliphatic carbocycles. The van der Waals surface area contributed by atoms with Gasteiger partial charge in [-0.15, -0.1) is 0 Å². The molecule has 1 N–H and O–H groups in total. The molecule has 4 aromatic rings. The van der Waals surface area contributed by atoms with Crippen LogP contribution in [0.5, 0.6) is 5.75 Å². The molecule has 8 heteroatoms. The lowest BCUT2D eigenvalue weighted by atomic mass is 10.2. The van der Waals surface area contributed by atoms with Gasteiger partial charge in [0.1, 0.15) is 17.1 Å². The van der Waals surface area contributed by atoms with E-state index in [1.807, 2.05) is 48.7 Å². The van der Waals surface area contributed by atoms with Gasteiger partial charge >= 0.3 is 0 Å². The van der Waals surface area contributed by atoms with Gasteiger partial charge in [0.15, 0.2) is 0 Å². The first-order valence-electron chi connectivity index (χ1n) is 10.8. The fraction of sp³-hybridized carbons (Fsp3) is 0.333. The fourth-order valence-electron chi connectivity index (χ4n) is 3.89. The van der Waals surface area contributed by atoms with Gasteiger partial charge in [0, 0.05) is 24.9 Å². The van der Waals surface area contributed by atoms with Gasteiger partial charge in [0.05, 0.1) is 30.1 Å². The van der Waals surface area contributed by atoms with Crippen molar-refractivity contribution in [3.05, 3.63) is 66.1 Å². The summed E-state index contributed by atoms with van der Waals surface area (Å²) in [5, 5.41) is 1.07. The summed E-state index contributed by atoms with van der Waals surface area (Å²) in [7, 11) is -1.74. The molecule has 0 bridgehead atoms. The van der Waals surface area contributed by atoms with Gasteiger partial charge in [-0.25, -0.2) is 18.1 Å². The lowest BCUT2D eigenvalue weighted by Crippen LogP contribution is -2.26. The van der Waals surface area contributed by atoms with Gasteiger partial charge in [-0.1, -0.05) is 37.3 Å². The first-order chi connectivity index (χ1) is 15.5. The van der Waals surface area contributed by atoms with Crippen LogP contribution in [-0.4, -0.2) is 35.8 Å². The molecule has 0 aliphatic heterocycles. The second-order valence-corrected chi connectivity index (χ2v) is 9.66. The highest BCUT2D eigenvalue weighted by Crippen LogP contribution is 2.25. The molecular formula is C24H28N4O3S. The van der Waals surface area contributed by atoms with Gasteiger partial charge in [0.25, 0.3) is 0 Å². The van der Waals surface area contributed by atoms with Gasteiger partial charge in [-0.2, -0.15) is 0 Å².